The van der Waals surface area contributed by atoms with Crippen LogP contribution in [-0.2, 0) is 4.79 Å². The van der Waals surface area contributed by atoms with E-state index in [0.29, 0.717) is 0 Å². The molecule has 0 atom stereocenters. The SMILES string of the molecule is N#CC1(N2CCN(C=O)CC2)CCNCC1. The van der Waals surface area contributed by atoms with Crippen molar-refractivity contribution in [1.82, 2.24) is 15.1 Å². The van der Waals surface area contributed by atoms with Crippen LogP contribution < -0.4 is 5.32 Å². The van der Waals surface area contributed by atoms with Crippen LogP contribution >= 0.6 is 0 Å². The number of nitriles is 1. The van der Waals surface area contributed by atoms with Crippen molar-refractivity contribution in [2.75, 3.05) is 39.3 Å². The van der Waals surface area contributed by atoms with Crippen molar-refractivity contribution in [3.05, 3.63) is 0 Å². The van der Waals surface area contributed by atoms with Crippen molar-refractivity contribution in [3.63, 3.8) is 0 Å². The Kier molecular flexibility index (Phi) is 3.42. The Morgan fingerprint density at radius 2 is 1.81 bits per heavy atom. The molecule has 0 aromatic carbocycles. The summed E-state index contributed by atoms with van der Waals surface area (Å²) >= 11 is 0. The molecule has 0 aromatic heterocycles. The number of carbonyl (C=O) groups excluding carboxylic acids is 1. The van der Waals surface area contributed by atoms with Crippen LogP contribution in [0, 0.1) is 11.3 Å². The lowest BCUT2D eigenvalue weighted by Gasteiger charge is -2.45. The molecule has 0 aliphatic carbocycles. The summed E-state index contributed by atoms with van der Waals surface area (Å²) in [5.41, 5.74) is -0.291. The lowest BCUT2D eigenvalue weighted by Crippen LogP contribution is -2.59. The highest BCUT2D eigenvalue weighted by Gasteiger charge is 2.39. The molecule has 2 saturated heterocycles. The van der Waals surface area contributed by atoms with Gasteiger partial charge < -0.3 is 10.2 Å². The Balaban J connectivity index is 2.00. The van der Waals surface area contributed by atoms with E-state index < -0.39 is 0 Å². The first kappa shape index (κ1) is 11.4. The van der Waals surface area contributed by atoms with Crippen LogP contribution in [0.25, 0.3) is 0 Å². The second-order valence-electron chi connectivity index (χ2n) is 4.52. The summed E-state index contributed by atoms with van der Waals surface area (Å²) < 4.78 is 0. The lowest BCUT2D eigenvalue weighted by molar-refractivity contribution is -0.120. The van der Waals surface area contributed by atoms with Gasteiger partial charge in [0.15, 0.2) is 0 Å². The minimum Gasteiger partial charge on any atom is -0.343 e. The first-order valence-electron chi connectivity index (χ1n) is 5.87. The van der Waals surface area contributed by atoms with E-state index >= 15 is 0 Å². The molecule has 2 rings (SSSR count). The fourth-order valence-corrected chi connectivity index (χ4v) is 2.59. The van der Waals surface area contributed by atoms with Crippen LogP contribution in [0.4, 0.5) is 0 Å². The Hall–Kier alpha value is -1.12. The van der Waals surface area contributed by atoms with Crippen LogP contribution in [0.1, 0.15) is 12.8 Å². The second kappa shape index (κ2) is 4.81. The quantitative estimate of drug-likeness (QED) is 0.634. The standard InChI is InChI=1S/C11H18N4O/c12-9-11(1-3-13-4-2-11)15-7-5-14(10-16)6-8-15/h10,13H,1-8H2. The summed E-state index contributed by atoms with van der Waals surface area (Å²) in [6.07, 6.45) is 2.69. The predicted molar refractivity (Wildman–Crippen MR) is 59.7 cm³/mol. The number of nitrogens with one attached hydrogen (secondary N) is 1. The Labute approximate surface area is 96.0 Å². The lowest BCUT2D eigenvalue weighted by atomic mass is 9.87. The molecular formula is C11H18N4O. The van der Waals surface area contributed by atoms with E-state index in [1.165, 1.54) is 0 Å². The number of piperazine rings is 1. The van der Waals surface area contributed by atoms with Crippen molar-refractivity contribution in [1.29, 1.82) is 5.26 Å². The van der Waals surface area contributed by atoms with Gasteiger partial charge in [0.1, 0.15) is 5.54 Å². The van der Waals surface area contributed by atoms with E-state index in [0.717, 1.165) is 58.5 Å². The van der Waals surface area contributed by atoms with E-state index in [4.69, 9.17) is 0 Å². The molecule has 2 aliphatic heterocycles. The van der Waals surface area contributed by atoms with Crippen molar-refractivity contribution >= 4 is 6.41 Å². The van der Waals surface area contributed by atoms with Gasteiger partial charge in [-0.25, -0.2) is 0 Å². The zero-order valence-corrected chi connectivity index (χ0v) is 9.48. The highest BCUT2D eigenvalue weighted by Crippen LogP contribution is 2.26. The molecular weight excluding hydrogens is 204 g/mol. The van der Waals surface area contributed by atoms with Gasteiger partial charge in [0, 0.05) is 26.2 Å². The van der Waals surface area contributed by atoms with Gasteiger partial charge in [-0.2, -0.15) is 5.26 Å². The predicted octanol–water partition coefficient (Wildman–Crippen LogP) is -0.594. The molecule has 2 aliphatic rings. The van der Waals surface area contributed by atoms with Crippen LogP contribution in [0.2, 0.25) is 0 Å². The van der Waals surface area contributed by atoms with E-state index in [1.807, 2.05) is 0 Å². The molecule has 0 spiro atoms. The zero-order valence-electron chi connectivity index (χ0n) is 9.48. The number of piperidine rings is 1. The molecule has 2 heterocycles. The number of nitrogens with zero attached hydrogens (tertiary/aromatic N) is 3. The molecule has 5 nitrogen and oxygen atoms in total. The monoisotopic (exact) mass is 222 g/mol. The molecule has 2 fully saturated rings. The van der Waals surface area contributed by atoms with Crippen molar-refractivity contribution < 1.29 is 4.79 Å². The maximum atomic E-state index is 10.6. The number of rotatable bonds is 2. The van der Waals surface area contributed by atoms with Crippen LogP contribution in [0.15, 0.2) is 0 Å². The van der Waals surface area contributed by atoms with Crippen molar-refractivity contribution in [2.24, 2.45) is 0 Å². The number of amides is 1. The first-order chi connectivity index (χ1) is 7.80. The summed E-state index contributed by atoms with van der Waals surface area (Å²) in [6.45, 7) is 4.99. The molecule has 1 N–H and O–H groups in total. The first-order valence-corrected chi connectivity index (χ1v) is 5.87. The maximum absolute atomic E-state index is 10.6. The van der Waals surface area contributed by atoms with E-state index in [1.54, 1.807) is 4.90 Å². The van der Waals surface area contributed by atoms with Crippen LogP contribution in [0.5, 0.6) is 0 Å². The van der Waals surface area contributed by atoms with Gasteiger partial charge in [0.25, 0.3) is 0 Å². The third-order valence-corrected chi connectivity index (χ3v) is 3.71. The highest BCUT2D eigenvalue weighted by atomic mass is 16.1. The van der Waals surface area contributed by atoms with Gasteiger partial charge in [-0.1, -0.05) is 0 Å². The van der Waals surface area contributed by atoms with Gasteiger partial charge in [0.05, 0.1) is 6.07 Å². The van der Waals surface area contributed by atoms with Gasteiger partial charge in [-0.3, -0.25) is 9.69 Å². The molecule has 0 radical (unpaired) electrons. The van der Waals surface area contributed by atoms with E-state index in [-0.39, 0.29) is 5.54 Å². The van der Waals surface area contributed by atoms with Gasteiger partial charge >= 0.3 is 0 Å². The summed E-state index contributed by atoms with van der Waals surface area (Å²) in [5.74, 6) is 0. The minimum atomic E-state index is -0.291. The number of hydrogen-bond acceptors (Lipinski definition) is 4. The molecule has 16 heavy (non-hydrogen) atoms. The summed E-state index contributed by atoms with van der Waals surface area (Å²) in [4.78, 5) is 14.7. The summed E-state index contributed by atoms with van der Waals surface area (Å²) in [6, 6.07) is 2.50. The zero-order chi connectivity index (χ0) is 11.4. The third kappa shape index (κ3) is 2.04. The van der Waals surface area contributed by atoms with E-state index in [2.05, 4.69) is 16.3 Å². The fraction of sp³-hybridized carbons (Fsp3) is 0.818. The number of hydrogen-bond donors (Lipinski definition) is 1. The normalized spacial score (nSPS) is 26.1. The molecule has 88 valence electrons. The third-order valence-electron chi connectivity index (χ3n) is 3.71. The minimum absolute atomic E-state index is 0.291. The molecule has 0 bridgehead atoms. The largest absolute Gasteiger partial charge is 0.343 e. The topological polar surface area (TPSA) is 59.4 Å². The molecule has 0 saturated carbocycles. The van der Waals surface area contributed by atoms with E-state index in [9.17, 15) is 10.1 Å². The Morgan fingerprint density at radius 3 is 2.31 bits per heavy atom. The molecule has 1 amide bonds. The summed E-state index contributed by atoms with van der Waals surface area (Å²) in [7, 11) is 0. The maximum Gasteiger partial charge on any atom is 0.209 e. The van der Waals surface area contributed by atoms with Crippen LogP contribution in [-0.4, -0.2) is 61.0 Å². The average Bonchev–Trinajstić information content (AvgIpc) is 2.39. The van der Waals surface area contributed by atoms with Gasteiger partial charge in [-0.15, -0.1) is 0 Å². The smallest absolute Gasteiger partial charge is 0.209 e. The molecule has 0 unspecified atom stereocenters. The van der Waals surface area contributed by atoms with Crippen LogP contribution in [0.3, 0.4) is 0 Å². The van der Waals surface area contributed by atoms with Gasteiger partial charge in [0.2, 0.25) is 6.41 Å². The average molecular weight is 222 g/mol. The second-order valence-corrected chi connectivity index (χ2v) is 4.52. The van der Waals surface area contributed by atoms with Crippen molar-refractivity contribution in [3.8, 4) is 6.07 Å². The number of carbonyl (C=O) groups is 1. The molecule has 0 aromatic rings. The van der Waals surface area contributed by atoms with Crippen molar-refractivity contribution in [2.45, 2.75) is 18.4 Å². The van der Waals surface area contributed by atoms with Gasteiger partial charge in [-0.05, 0) is 25.9 Å². The Bertz CT molecular complexity index is 285. The Morgan fingerprint density at radius 1 is 1.19 bits per heavy atom. The fourth-order valence-electron chi connectivity index (χ4n) is 2.59. The molecule has 5 heteroatoms. The highest BCUT2D eigenvalue weighted by molar-refractivity contribution is 5.47. The summed E-state index contributed by atoms with van der Waals surface area (Å²) in [5, 5.41) is 12.7.